The summed E-state index contributed by atoms with van der Waals surface area (Å²) in [5, 5.41) is 28.2. The van der Waals surface area contributed by atoms with Crippen molar-refractivity contribution < 1.29 is 43.6 Å². The molecule has 3 aromatic carbocycles. The molecule has 0 saturated carbocycles. The molecule has 0 spiro atoms. The lowest BCUT2D eigenvalue weighted by Crippen LogP contribution is -2.48. The highest BCUT2D eigenvalue weighted by Gasteiger charge is 2.35. The van der Waals surface area contributed by atoms with E-state index >= 15 is 0 Å². The Morgan fingerprint density at radius 2 is 1.57 bits per heavy atom. The maximum absolute atomic E-state index is 13.9. The molecule has 4 rings (SSSR count). The van der Waals surface area contributed by atoms with Crippen LogP contribution >= 0.6 is 7.60 Å². The zero-order valence-corrected chi connectivity index (χ0v) is 27.1. The van der Waals surface area contributed by atoms with Gasteiger partial charge in [-0.2, -0.15) is 0 Å². The predicted octanol–water partition coefficient (Wildman–Crippen LogP) is 4.02. The number of hydrogen-bond acceptors (Lipinski definition) is 7. The molecule has 248 valence electrons. The van der Waals surface area contributed by atoms with E-state index in [1.807, 2.05) is 54.6 Å². The molecule has 0 aromatic heterocycles. The van der Waals surface area contributed by atoms with Gasteiger partial charge in [0.25, 0.3) is 0 Å². The van der Waals surface area contributed by atoms with E-state index in [9.17, 15) is 24.4 Å². The first-order valence-electron chi connectivity index (χ1n) is 15.2. The van der Waals surface area contributed by atoms with Crippen LogP contribution < -0.4 is 15.4 Å². The number of ether oxygens (including phenoxy) is 2. The lowest BCUT2D eigenvalue weighted by atomic mass is 9.88. The van der Waals surface area contributed by atoms with Crippen LogP contribution in [-0.2, 0) is 33.4 Å². The fourth-order valence-electron chi connectivity index (χ4n) is 5.53. The van der Waals surface area contributed by atoms with Crippen LogP contribution in [0.2, 0.25) is 0 Å². The molecule has 0 heterocycles. The highest BCUT2D eigenvalue weighted by Crippen LogP contribution is 2.35. The number of alkyl carbamates (subject to hydrolysis) is 1. The second-order valence-corrected chi connectivity index (χ2v) is 14.3. The molecule has 3 aromatic rings. The van der Waals surface area contributed by atoms with Gasteiger partial charge < -0.3 is 40.1 Å². The van der Waals surface area contributed by atoms with E-state index < -0.39 is 55.8 Å². The average molecular weight is 655 g/mol. The van der Waals surface area contributed by atoms with Gasteiger partial charge >= 0.3 is 13.7 Å². The largest absolute Gasteiger partial charge is 0.481 e. The van der Waals surface area contributed by atoms with Crippen LogP contribution in [0.25, 0.3) is 0 Å². The third kappa shape index (κ3) is 10.7. The van der Waals surface area contributed by atoms with Crippen molar-refractivity contribution in [2.45, 2.75) is 76.3 Å². The molecule has 0 bridgehead atoms. The summed E-state index contributed by atoms with van der Waals surface area (Å²) < 4.78 is 21.8. The molecule has 0 radical (unpaired) electrons. The van der Waals surface area contributed by atoms with Gasteiger partial charge in [-0.3, -0.25) is 9.36 Å². The smallest absolute Gasteiger partial charge is 0.407 e. The lowest BCUT2D eigenvalue weighted by molar-refractivity contribution is -0.127. The van der Waals surface area contributed by atoms with Crippen molar-refractivity contribution in [3.63, 3.8) is 0 Å². The van der Waals surface area contributed by atoms with Crippen molar-refractivity contribution in [3.05, 3.63) is 101 Å². The molecule has 0 fully saturated rings. The van der Waals surface area contributed by atoms with E-state index in [4.69, 9.17) is 19.3 Å². The van der Waals surface area contributed by atoms with E-state index in [0.717, 1.165) is 16.7 Å². The summed E-state index contributed by atoms with van der Waals surface area (Å²) in [6, 6.07) is 21.9. The van der Waals surface area contributed by atoms with Crippen molar-refractivity contribution >= 4 is 19.6 Å². The molecule has 1 aliphatic carbocycles. The third-order valence-corrected chi connectivity index (χ3v) is 8.13. The SMILES string of the molecule is CC(C)(C)OC(=O)N[C@@H](Cc1ccccc1)[C@@H](O)C[C@H](Cc1ccc(OCP(=O)(O)O)cc1)C(=O)N[C@H]1c2ccccc2C[C@H]1O. The van der Waals surface area contributed by atoms with Crippen LogP contribution in [0.5, 0.6) is 5.75 Å². The first kappa shape index (κ1) is 35.1. The van der Waals surface area contributed by atoms with Crippen LogP contribution in [0.3, 0.4) is 0 Å². The van der Waals surface area contributed by atoms with E-state index in [2.05, 4.69) is 10.6 Å². The van der Waals surface area contributed by atoms with Crippen LogP contribution in [0.4, 0.5) is 4.79 Å². The molecule has 5 atom stereocenters. The Balaban J connectivity index is 1.56. The summed E-state index contributed by atoms with van der Waals surface area (Å²) in [4.78, 5) is 44.9. The van der Waals surface area contributed by atoms with E-state index in [0.29, 0.717) is 12.0 Å². The fourth-order valence-corrected chi connectivity index (χ4v) is 5.85. The number of aliphatic hydroxyl groups is 2. The van der Waals surface area contributed by atoms with E-state index in [-0.39, 0.29) is 30.9 Å². The second-order valence-electron chi connectivity index (χ2n) is 12.7. The number of fused-ring (bicyclic) bond motifs is 1. The summed E-state index contributed by atoms with van der Waals surface area (Å²) >= 11 is 0. The fraction of sp³-hybridized carbons (Fsp3) is 0.412. The number of benzene rings is 3. The molecular weight excluding hydrogens is 611 g/mol. The summed E-state index contributed by atoms with van der Waals surface area (Å²) in [5.74, 6) is -0.906. The highest BCUT2D eigenvalue weighted by molar-refractivity contribution is 7.51. The van der Waals surface area contributed by atoms with E-state index in [1.54, 1.807) is 45.0 Å². The minimum absolute atomic E-state index is 0.0277. The summed E-state index contributed by atoms with van der Waals surface area (Å²) in [5.41, 5.74) is 2.62. The maximum Gasteiger partial charge on any atom is 0.407 e. The Morgan fingerprint density at radius 3 is 2.22 bits per heavy atom. The third-order valence-electron chi connectivity index (χ3n) is 7.67. The number of amides is 2. The molecule has 1 aliphatic rings. The molecule has 0 aliphatic heterocycles. The maximum atomic E-state index is 13.9. The molecule has 0 unspecified atom stereocenters. The Morgan fingerprint density at radius 1 is 0.935 bits per heavy atom. The summed E-state index contributed by atoms with van der Waals surface area (Å²) in [6.45, 7) is 5.23. The first-order valence-corrected chi connectivity index (χ1v) is 17.0. The average Bonchev–Trinajstić information content (AvgIpc) is 3.29. The molecule has 0 saturated heterocycles. The Kier molecular flexibility index (Phi) is 11.6. The van der Waals surface area contributed by atoms with Crippen molar-refractivity contribution in [2.24, 2.45) is 5.92 Å². The van der Waals surface area contributed by atoms with Crippen molar-refractivity contribution in [2.75, 3.05) is 6.35 Å². The standard InChI is InChI=1S/C34H43N2O9P/c1-34(2,3)45-33(40)35-28(18-22-9-5-4-6-10-22)29(37)20-25(17-23-13-15-26(16-14-23)44-21-46(41,42)43)32(39)36-31-27-12-8-7-11-24(27)19-30(31)38/h4-16,25,28-31,37-38H,17-21H2,1-3H3,(H,35,40)(H,36,39)(H2,41,42,43)/t25-,28-,29-,30+,31-/m0/s1. The molecule has 2 amide bonds. The van der Waals surface area contributed by atoms with Gasteiger partial charge in [0.1, 0.15) is 11.4 Å². The van der Waals surface area contributed by atoms with Gasteiger partial charge in [0.05, 0.1) is 24.3 Å². The topological polar surface area (TPSA) is 175 Å². The predicted molar refractivity (Wildman–Crippen MR) is 172 cm³/mol. The van der Waals surface area contributed by atoms with Crippen molar-refractivity contribution in [1.82, 2.24) is 10.6 Å². The number of aliphatic hydroxyl groups excluding tert-OH is 2. The first-order chi connectivity index (χ1) is 21.7. The van der Waals surface area contributed by atoms with Gasteiger partial charge in [0.2, 0.25) is 5.91 Å². The van der Waals surface area contributed by atoms with Crippen molar-refractivity contribution in [1.29, 1.82) is 0 Å². The quantitative estimate of drug-likeness (QED) is 0.149. The number of rotatable bonds is 13. The van der Waals surface area contributed by atoms with Gasteiger partial charge in [0.15, 0.2) is 6.35 Å². The number of carbonyl (C=O) groups excluding carboxylic acids is 2. The molecule has 6 N–H and O–H groups in total. The minimum atomic E-state index is -4.36. The van der Waals surface area contributed by atoms with Gasteiger partial charge in [-0.05, 0) is 74.4 Å². The monoisotopic (exact) mass is 654 g/mol. The highest BCUT2D eigenvalue weighted by atomic mass is 31.2. The van der Waals surface area contributed by atoms with Gasteiger partial charge in [0, 0.05) is 12.3 Å². The molecule has 11 nitrogen and oxygen atoms in total. The van der Waals surface area contributed by atoms with Crippen molar-refractivity contribution in [3.8, 4) is 5.75 Å². The van der Waals surface area contributed by atoms with Crippen LogP contribution in [0.15, 0.2) is 78.9 Å². The van der Waals surface area contributed by atoms with E-state index in [1.165, 1.54) is 0 Å². The second kappa shape index (κ2) is 15.2. The number of hydrogen-bond donors (Lipinski definition) is 6. The van der Waals surface area contributed by atoms with Gasteiger partial charge in [-0.25, -0.2) is 4.79 Å². The zero-order valence-electron chi connectivity index (χ0n) is 26.2. The summed E-state index contributed by atoms with van der Waals surface area (Å²) in [6.07, 6.45) is -2.56. The van der Waals surface area contributed by atoms with Crippen LogP contribution in [-0.4, -0.2) is 62.2 Å². The lowest BCUT2D eigenvalue weighted by Gasteiger charge is -2.29. The van der Waals surface area contributed by atoms with Gasteiger partial charge in [-0.15, -0.1) is 0 Å². The minimum Gasteiger partial charge on any atom is -0.481 e. The normalized spacial score (nSPS) is 18.2. The summed E-state index contributed by atoms with van der Waals surface area (Å²) in [7, 11) is -4.36. The Hall–Kier alpha value is -3.73. The number of carbonyl (C=O) groups is 2. The Bertz CT molecular complexity index is 1510. The molecule has 46 heavy (non-hydrogen) atoms. The van der Waals surface area contributed by atoms with Crippen LogP contribution in [0.1, 0.15) is 55.5 Å². The Labute approximate surface area is 269 Å². The van der Waals surface area contributed by atoms with Crippen LogP contribution in [0, 0.1) is 5.92 Å². The van der Waals surface area contributed by atoms with Gasteiger partial charge in [-0.1, -0.05) is 66.7 Å². The molecule has 12 heteroatoms. The zero-order chi connectivity index (χ0) is 33.5. The molecular formula is C34H43N2O9P. The number of nitrogens with one attached hydrogen (secondary N) is 2.